The standard InChI is InChI=1S/C13H10N6O4/c20-12(10-2-1-5-14-10)17-18-13(21)11-8-6-7(19(22)23)3-4-9(8)15-16-11/h1-6,14H,(H,15,16)(H,17,20)(H,18,21). The van der Waals surface area contributed by atoms with Gasteiger partial charge in [0.15, 0.2) is 5.69 Å². The van der Waals surface area contributed by atoms with E-state index in [1.165, 1.54) is 24.3 Å². The molecule has 0 saturated carbocycles. The highest BCUT2D eigenvalue weighted by Crippen LogP contribution is 2.21. The van der Waals surface area contributed by atoms with Crippen LogP contribution >= 0.6 is 0 Å². The van der Waals surface area contributed by atoms with Crippen LogP contribution in [0.1, 0.15) is 21.0 Å². The molecule has 0 atom stereocenters. The molecule has 1 aromatic carbocycles. The lowest BCUT2D eigenvalue weighted by Crippen LogP contribution is -2.42. The molecule has 116 valence electrons. The van der Waals surface area contributed by atoms with Gasteiger partial charge in [0.05, 0.1) is 10.4 Å². The topological polar surface area (TPSA) is 146 Å². The molecule has 23 heavy (non-hydrogen) atoms. The van der Waals surface area contributed by atoms with Crippen molar-refractivity contribution in [2.75, 3.05) is 0 Å². The SMILES string of the molecule is O=C(NNC(=O)c1n[nH]c2ccc([N+](=O)[O-])cc12)c1ccc[nH]1. The number of amides is 2. The van der Waals surface area contributed by atoms with E-state index in [0.717, 1.165) is 0 Å². The first-order valence-corrected chi connectivity index (χ1v) is 6.43. The lowest BCUT2D eigenvalue weighted by atomic mass is 10.2. The van der Waals surface area contributed by atoms with E-state index in [4.69, 9.17) is 0 Å². The molecule has 0 aliphatic carbocycles. The molecule has 2 amide bonds. The number of H-pyrrole nitrogens is 2. The number of aromatic nitrogens is 3. The Morgan fingerprint density at radius 2 is 1.96 bits per heavy atom. The number of nitro benzene ring substituents is 1. The maximum Gasteiger partial charge on any atom is 0.290 e. The second kappa shape index (κ2) is 5.60. The van der Waals surface area contributed by atoms with Crippen molar-refractivity contribution in [1.29, 1.82) is 0 Å². The summed E-state index contributed by atoms with van der Waals surface area (Å²) in [5, 5.41) is 17.5. The summed E-state index contributed by atoms with van der Waals surface area (Å²) in [6.07, 6.45) is 1.57. The molecule has 0 fully saturated rings. The normalized spacial score (nSPS) is 10.4. The highest BCUT2D eigenvalue weighted by atomic mass is 16.6. The van der Waals surface area contributed by atoms with E-state index in [-0.39, 0.29) is 22.5 Å². The highest BCUT2D eigenvalue weighted by Gasteiger charge is 2.18. The zero-order chi connectivity index (χ0) is 16.4. The van der Waals surface area contributed by atoms with Crippen molar-refractivity contribution in [3.05, 3.63) is 58.0 Å². The van der Waals surface area contributed by atoms with Crippen LogP contribution in [-0.4, -0.2) is 31.9 Å². The molecular weight excluding hydrogens is 304 g/mol. The fraction of sp³-hybridized carbons (Fsp3) is 0. The minimum Gasteiger partial charge on any atom is -0.357 e. The molecule has 3 rings (SSSR count). The minimum atomic E-state index is -0.698. The quantitative estimate of drug-likeness (QED) is 0.418. The van der Waals surface area contributed by atoms with E-state index in [1.807, 2.05) is 0 Å². The van der Waals surface area contributed by atoms with Crippen LogP contribution in [0.15, 0.2) is 36.5 Å². The van der Waals surface area contributed by atoms with Crippen LogP contribution in [0.2, 0.25) is 0 Å². The highest BCUT2D eigenvalue weighted by molar-refractivity contribution is 6.06. The molecule has 10 heteroatoms. The molecule has 2 heterocycles. The summed E-state index contributed by atoms with van der Waals surface area (Å²) in [6, 6.07) is 7.16. The van der Waals surface area contributed by atoms with Crippen molar-refractivity contribution in [3.8, 4) is 0 Å². The third-order valence-corrected chi connectivity index (χ3v) is 3.10. The number of carbonyl (C=O) groups is 2. The summed E-state index contributed by atoms with van der Waals surface area (Å²) in [7, 11) is 0. The lowest BCUT2D eigenvalue weighted by molar-refractivity contribution is -0.384. The van der Waals surface area contributed by atoms with Crippen molar-refractivity contribution in [3.63, 3.8) is 0 Å². The van der Waals surface area contributed by atoms with Gasteiger partial charge in [-0.25, -0.2) is 0 Å². The number of hydrazine groups is 1. The third kappa shape index (κ3) is 2.72. The van der Waals surface area contributed by atoms with E-state index in [0.29, 0.717) is 5.52 Å². The zero-order valence-corrected chi connectivity index (χ0v) is 11.5. The molecule has 0 bridgehead atoms. The lowest BCUT2D eigenvalue weighted by Gasteiger charge is -2.04. The number of nitrogens with zero attached hydrogens (tertiary/aromatic N) is 2. The maximum atomic E-state index is 12.1. The number of non-ortho nitro benzene ring substituents is 1. The van der Waals surface area contributed by atoms with E-state index in [1.54, 1.807) is 12.3 Å². The van der Waals surface area contributed by atoms with Gasteiger partial charge in [0.25, 0.3) is 17.5 Å². The summed E-state index contributed by atoms with van der Waals surface area (Å²) < 4.78 is 0. The Bertz CT molecular complexity index is 898. The van der Waals surface area contributed by atoms with Gasteiger partial charge in [0.1, 0.15) is 5.69 Å². The first-order valence-electron chi connectivity index (χ1n) is 6.43. The molecule has 0 saturated heterocycles. The van der Waals surface area contributed by atoms with Crippen molar-refractivity contribution < 1.29 is 14.5 Å². The van der Waals surface area contributed by atoms with Gasteiger partial charge in [-0.1, -0.05) is 0 Å². The van der Waals surface area contributed by atoms with E-state index in [2.05, 4.69) is 26.0 Å². The van der Waals surface area contributed by atoms with E-state index in [9.17, 15) is 19.7 Å². The summed E-state index contributed by atoms with van der Waals surface area (Å²) in [6.45, 7) is 0. The maximum absolute atomic E-state index is 12.1. The summed E-state index contributed by atoms with van der Waals surface area (Å²) >= 11 is 0. The van der Waals surface area contributed by atoms with Gasteiger partial charge in [0.2, 0.25) is 0 Å². The monoisotopic (exact) mass is 314 g/mol. The van der Waals surface area contributed by atoms with Crippen molar-refractivity contribution in [2.24, 2.45) is 0 Å². The van der Waals surface area contributed by atoms with Gasteiger partial charge in [-0.05, 0) is 18.2 Å². The van der Waals surface area contributed by atoms with Crippen molar-refractivity contribution in [1.82, 2.24) is 26.0 Å². The van der Waals surface area contributed by atoms with Gasteiger partial charge in [0, 0.05) is 23.7 Å². The molecule has 0 spiro atoms. The van der Waals surface area contributed by atoms with Crippen LogP contribution in [0, 0.1) is 10.1 Å². The Kier molecular flexibility index (Phi) is 3.47. The molecule has 3 aromatic rings. The molecule has 0 aliphatic rings. The Hall–Kier alpha value is -3.69. The number of hydrogen-bond acceptors (Lipinski definition) is 5. The second-order valence-electron chi connectivity index (χ2n) is 4.55. The molecular formula is C13H10N6O4. The van der Waals surface area contributed by atoms with Crippen LogP contribution in [-0.2, 0) is 0 Å². The smallest absolute Gasteiger partial charge is 0.290 e. The summed E-state index contributed by atoms with van der Waals surface area (Å²) in [5.74, 6) is -1.23. The number of hydrogen-bond donors (Lipinski definition) is 4. The van der Waals surface area contributed by atoms with Gasteiger partial charge >= 0.3 is 0 Å². The van der Waals surface area contributed by atoms with Crippen LogP contribution in [0.3, 0.4) is 0 Å². The first kappa shape index (κ1) is 14.3. The summed E-state index contributed by atoms with van der Waals surface area (Å²) in [4.78, 5) is 36.7. The van der Waals surface area contributed by atoms with Gasteiger partial charge in [-0.3, -0.25) is 35.7 Å². The van der Waals surface area contributed by atoms with Gasteiger partial charge in [-0.15, -0.1) is 0 Å². The molecule has 0 radical (unpaired) electrons. The van der Waals surface area contributed by atoms with E-state index >= 15 is 0 Å². The number of nitrogens with one attached hydrogen (secondary N) is 4. The zero-order valence-electron chi connectivity index (χ0n) is 11.5. The largest absolute Gasteiger partial charge is 0.357 e. The third-order valence-electron chi connectivity index (χ3n) is 3.10. The molecule has 10 nitrogen and oxygen atoms in total. The van der Waals surface area contributed by atoms with Crippen molar-refractivity contribution in [2.45, 2.75) is 0 Å². The van der Waals surface area contributed by atoms with Gasteiger partial charge < -0.3 is 4.98 Å². The number of nitro groups is 1. The Morgan fingerprint density at radius 1 is 1.17 bits per heavy atom. The molecule has 0 aliphatic heterocycles. The Balaban J connectivity index is 1.79. The van der Waals surface area contributed by atoms with Crippen LogP contribution in [0.25, 0.3) is 10.9 Å². The number of fused-ring (bicyclic) bond motifs is 1. The molecule has 0 unspecified atom stereocenters. The average Bonchev–Trinajstić information content (AvgIpc) is 3.20. The second-order valence-corrected chi connectivity index (χ2v) is 4.55. The molecule has 4 N–H and O–H groups in total. The molecule has 2 aromatic heterocycles. The van der Waals surface area contributed by atoms with Crippen LogP contribution in [0.4, 0.5) is 5.69 Å². The average molecular weight is 314 g/mol. The first-order chi connectivity index (χ1) is 11.1. The minimum absolute atomic E-state index is 0.0597. The number of aromatic amines is 2. The van der Waals surface area contributed by atoms with Crippen molar-refractivity contribution >= 4 is 28.4 Å². The van der Waals surface area contributed by atoms with Crippen LogP contribution in [0.5, 0.6) is 0 Å². The van der Waals surface area contributed by atoms with Crippen LogP contribution < -0.4 is 10.9 Å². The number of carbonyl (C=O) groups excluding carboxylic acids is 2. The number of benzene rings is 1. The van der Waals surface area contributed by atoms with E-state index < -0.39 is 16.7 Å². The fourth-order valence-corrected chi connectivity index (χ4v) is 2.00. The summed E-state index contributed by atoms with van der Waals surface area (Å²) in [5.41, 5.74) is 4.94. The fourth-order valence-electron chi connectivity index (χ4n) is 2.00. The number of rotatable bonds is 3. The Labute approximate surface area is 128 Å². The predicted octanol–water partition coefficient (Wildman–Crippen LogP) is 0.874. The Morgan fingerprint density at radius 3 is 2.65 bits per heavy atom. The predicted molar refractivity (Wildman–Crippen MR) is 78.5 cm³/mol. The van der Waals surface area contributed by atoms with Gasteiger partial charge in [-0.2, -0.15) is 5.10 Å².